The third kappa shape index (κ3) is 6.62. The van der Waals surface area contributed by atoms with E-state index in [9.17, 15) is 0 Å². The Bertz CT molecular complexity index is 751. The zero-order valence-electron chi connectivity index (χ0n) is 17.3. The molecule has 0 amide bonds. The van der Waals surface area contributed by atoms with E-state index < -0.39 is 0 Å². The van der Waals surface area contributed by atoms with Crippen molar-refractivity contribution in [3.63, 3.8) is 0 Å². The number of nitrogens with one attached hydrogen (secondary N) is 2. The highest BCUT2D eigenvalue weighted by Crippen LogP contribution is 2.20. The van der Waals surface area contributed by atoms with Crippen molar-refractivity contribution in [2.24, 2.45) is 4.99 Å². The molecule has 0 aliphatic carbocycles. The molecule has 1 aromatic heterocycles. The average Bonchev–Trinajstić information content (AvgIpc) is 2.97. The predicted octanol–water partition coefficient (Wildman–Crippen LogP) is 3.35. The van der Waals surface area contributed by atoms with Gasteiger partial charge in [0, 0.05) is 37.9 Å². The zero-order chi connectivity index (χ0) is 19.6. The van der Waals surface area contributed by atoms with Crippen LogP contribution in [0.25, 0.3) is 0 Å². The molecular formula is C21H33N5O. The Balaban J connectivity index is 1.81. The lowest BCUT2D eigenvalue weighted by Gasteiger charge is -2.15. The quantitative estimate of drug-likeness (QED) is 0.403. The first kappa shape index (κ1) is 20.8. The van der Waals surface area contributed by atoms with Gasteiger partial charge in [-0.1, -0.05) is 19.1 Å². The van der Waals surface area contributed by atoms with E-state index in [1.807, 2.05) is 6.92 Å². The van der Waals surface area contributed by atoms with Crippen LogP contribution in [0.15, 0.2) is 29.3 Å². The van der Waals surface area contributed by atoms with Crippen LogP contribution in [0.3, 0.4) is 0 Å². The van der Waals surface area contributed by atoms with Crippen molar-refractivity contribution >= 4 is 5.96 Å². The van der Waals surface area contributed by atoms with Gasteiger partial charge in [0.15, 0.2) is 5.96 Å². The van der Waals surface area contributed by atoms with Crippen molar-refractivity contribution in [3.05, 3.63) is 46.8 Å². The minimum Gasteiger partial charge on any atom is -0.493 e. The van der Waals surface area contributed by atoms with Crippen LogP contribution in [0.5, 0.6) is 5.75 Å². The minimum atomic E-state index is 0.677. The monoisotopic (exact) mass is 371 g/mol. The molecule has 0 saturated heterocycles. The lowest BCUT2D eigenvalue weighted by molar-refractivity contribution is 0.313. The summed E-state index contributed by atoms with van der Waals surface area (Å²) in [5, 5.41) is 11.2. The van der Waals surface area contributed by atoms with E-state index in [-0.39, 0.29) is 0 Å². The van der Waals surface area contributed by atoms with Crippen LogP contribution in [0.2, 0.25) is 0 Å². The predicted molar refractivity (Wildman–Crippen MR) is 111 cm³/mol. The first-order valence-corrected chi connectivity index (χ1v) is 9.71. The second kappa shape index (κ2) is 10.6. The van der Waals surface area contributed by atoms with Crippen LogP contribution in [-0.2, 0) is 13.1 Å². The number of nitrogens with zero attached hydrogens (tertiary/aromatic N) is 3. The molecule has 2 N–H and O–H groups in total. The molecule has 6 nitrogen and oxygen atoms in total. The lowest BCUT2D eigenvalue weighted by atomic mass is 10.1. The summed E-state index contributed by atoms with van der Waals surface area (Å²) in [4.78, 5) is 4.31. The summed E-state index contributed by atoms with van der Waals surface area (Å²) in [6, 6.07) is 8.43. The minimum absolute atomic E-state index is 0.677. The molecule has 0 aliphatic heterocycles. The Morgan fingerprint density at radius 3 is 2.67 bits per heavy atom. The van der Waals surface area contributed by atoms with Gasteiger partial charge >= 0.3 is 0 Å². The fourth-order valence-electron chi connectivity index (χ4n) is 2.89. The van der Waals surface area contributed by atoms with Crippen molar-refractivity contribution in [1.82, 2.24) is 20.4 Å². The highest BCUT2D eigenvalue weighted by molar-refractivity contribution is 5.79. The fourth-order valence-corrected chi connectivity index (χ4v) is 2.89. The van der Waals surface area contributed by atoms with E-state index in [1.54, 1.807) is 7.05 Å². The van der Waals surface area contributed by atoms with Crippen LogP contribution < -0.4 is 15.4 Å². The Morgan fingerprint density at radius 1 is 1.19 bits per heavy atom. The number of rotatable bonds is 9. The third-order valence-electron chi connectivity index (χ3n) is 4.30. The van der Waals surface area contributed by atoms with Gasteiger partial charge in [0.2, 0.25) is 0 Å². The largest absolute Gasteiger partial charge is 0.493 e. The molecule has 0 unspecified atom stereocenters. The van der Waals surface area contributed by atoms with Crippen LogP contribution in [0.4, 0.5) is 0 Å². The molecule has 0 aliphatic rings. The van der Waals surface area contributed by atoms with Crippen LogP contribution in [0, 0.1) is 20.8 Å². The van der Waals surface area contributed by atoms with Gasteiger partial charge in [-0.25, -0.2) is 0 Å². The molecular weight excluding hydrogens is 338 g/mol. The molecule has 2 aromatic rings. The first-order valence-electron chi connectivity index (χ1n) is 9.71. The van der Waals surface area contributed by atoms with Crippen molar-refractivity contribution in [3.8, 4) is 5.75 Å². The van der Waals surface area contributed by atoms with E-state index in [0.717, 1.165) is 55.5 Å². The normalized spacial score (nSPS) is 11.5. The molecule has 0 radical (unpaired) electrons. The lowest BCUT2D eigenvalue weighted by Crippen LogP contribution is -2.37. The van der Waals surface area contributed by atoms with Crippen LogP contribution in [0.1, 0.15) is 42.3 Å². The second-order valence-corrected chi connectivity index (χ2v) is 6.82. The summed E-state index contributed by atoms with van der Waals surface area (Å²) in [6.07, 6.45) is 1.98. The van der Waals surface area contributed by atoms with E-state index in [1.165, 1.54) is 11.3 Å². The van der Waals surface area contributed by atoms with E-state index in [2.05, 4.69) is 70.4 Å². The maximum absolute atomic E-state index is 5.88. The highest BCUT2D eigenvalue weighted by Gasteiger charge is 2.06. The first-order chi connectivity index (χ1) is 13.0. The summed E-state index contributed by atoms with van der Waals surface area (Å²) >= 11 is 0. The molecule has 6 heteroatoms. The number of aryl methyl sites for hydroxylation is 4. The zero-order valence-corrected chi connectivity index (χ0v) is 17.3. The number of aromatic nitrogens is 2. The van der Waals surface area contributed by atoms with Crippen molar-refractivity contribution in [2.75, 3.05) is 20.2 Å². The van der Waals surface area contributed by atoms with Gasteiger partial charge in [0.1, 0.15) is 5.75 Å². The average molecular weight is 372 g/mol. The summed E-state index contributed by atoms with van der Waals surface area (Å²) in [5.74, 6) is 1.75. The van der Waals surface area contributed by atoms with Crippen LogP contribution >= 0.6 is 0 Å². The van der Waals surface area contributed by atoms with Gasteiger partial charge in [0.05, 0.1) is 12.3 Å². The molecule has 1 heterocycles. The topological polar surface area (TPSA) is 63.5 Å². The Kier molecular flexibility index (Phi) is 8.17. The van der Waals surface area contributed by atoms with Gasteiger partial charge in [-0.2, -0.15) is 5.10 Å². The molecule has 27 heavy (non-hydrogen) atoms. The Morgan fingerprint density at radius 2 is 2.00 bits per heavy atom. The van der Waals surface area contributed by atoms with Crippen LogP contribution in [-0.4, -0.2) is 35.9 Å². The molecule has 0 fully saturated rings. The van der Waals surface area contributed by atoms with E-state index in [4.69, 9.17) is 4.74 Å². The van der Waals surface area contributed by atoms with Gasteiger partial charge in [0.25, 0.3) is 0 Å². The summed E-state index contributed by atoms with van der Waals surface area (Å²) < 4.78 is 7.94. The molecule has 0 atom stereocenters. The molecule has 0 spiro atoms. The fraction of sp³-hybridized carbons (Fsp3) is 0.524. The maximum atomic E-state index is 5.88. The van der Waals surface area contributed by atoms with Gasteiger partial charge in [-0.15, -0.1) is 0 Å². The number of aliphatic imine (C=N–C) groups is 1. The SMILES string of the molecule is CCCOc1cc(C)ccc1CNC(=NC)NCCCn1nc(C)cc1C. The molecule has 1 aromatic carbocycles. The smallest absolute Gasteiger partial charge is 0.191 e. The van der Waals surface area contributed by atoms with Gasteiger partial charge in [-0.05, 0) is 51.3 Å². The number of hydrogen-bond donors (Lipinski definition) is 2. The Hall–Kier alpha value is -2.50. The van der Waals surface area contributed by atoms with Crippen molar-refractivity contribution < 1.29 is 4.74 Å². The van der Waals surface area contributed by atoms with E-state index >= 15 is 0 Å². The standard InChI is InChI=1S/C21H33N5O/c1-6-12-27-20-13-16(2)8-9-19(20)15-24-21(22-5)23-10-7-11-26-18(4)14-17(3)25-26/h8-9,13-14H,6-7,10-12,15H2,1-5H3,(H2,22,23,24). The number of benzene rings is 1. The molecule has 2 rings (SSSR count). The second-order valence-electron chi connectivity index (χ2n) is 6.82. The van der Waals surface area contributed by atoms with E-state index in [0.29, 0.717) is 6.54 Å². The number of ether oxygens (including phenoxy) is 1. The van der Waals surface area contributed by atoms with Gasteiger partial charge < -0.3 is 15.4 Å². The molecule has 0 saturated carbocycles. The Labute approximate surface area is 163 Å². The van der Waals surface area contributed by atoms with Crippen molar-refractivity contribution in [1.29, 1.82) is 0 Å². The van der Waals surface area contributed by atoms with Crippen molar-refractivity contribution in [2.45, 2.75) is 53.6 Å². The molecule has 0 bridgehead atoms. The number of hydrogen-bond acceptors (Lipinski definition) is 3. The summed E-state index contributed by atoms with van der Waals surface area (Å²) in [6.45, 7) is 11.5. The van der Waals surface area contributed by atoms with Gasteiger partial charge in [-0.3, -0.25) is 9.67 Å². The summed E-state index contributed by atoms with van der Waals surface area (Å²) in [5.41, 5.74) is 4.61. The highest BCUT2D eigenvalue weighted by atomic mass is 16.5. The number of guanidine groups is 1. The summed E-state index contributed by atoms with van der Waals surface area (Å²) in [7, 11) is 1.79. The molecule has 148 valence electrons. The third-order valence-corrected chi connectivity index (χ3v) is 4.30. The maximum Gasteiger partial charge on any atom is 0.191 e.